The second-order valence-electron chi connectivity index (χ2n) is 12.7. The molecule has 55 heavy (non-hydrogen) atoms. The molecular formula is C51H34N4. The van der Waals surface area contributed by atoms with Crippen LogP contribution in [0.5, 0.6) is 0 Å². The van der Waals surface area contributed by atoms with Gasteiger partial charge in [-0.2, -0.15) is 0 Å². The zero-order chi connectivity index (χ0) is 47.0. The fourth-order valence-corrected chi connectivity index (χ4v) is 6.76. The quantitative estimate of drug-likeness (QED) is 0.165. The molecular weight excluding hydrogens is 669 g/mol. The van der Waals surface area contributed by atoms with Crippen LogP contribution in [-0.2, 0) is 0 Å². The highest BCUT2D eigenvalue weighted by Gasteiger charge is 2.19. The number of hydrogen-bond acceptors (Lipinski definition) is 3. The van der Waals surface area contributed by atoms with Crippen LogP contribution in [0.3, 0.4) is 0 Å². The van der Waals surface area contributed by atoms with Crippen molar-refractivity contribution >= 4 is 21.8 Å². The summed E-state index contributed by atoms with van der Waals surface area (Å²) < 4.78 is 109. The van der Waals surface area contributed by atoms with E-state index in [9.17, 15) is 6.85 Å². The van der Waals surface area contributed by atoms with E-state index < -0.39 is 83.6 Å². The molecule has 258 valence electrons. The number of rotatable bonds is 7. The molecule has 0 aliphatic heterocycles. The van der Waals surface area contributed by atoms with E-state index >= 15 is 0 Å². The highest BCUT2D eigenvalue weighted by atomic mass is 15.0. The molecule has 0 aliphatic carbocycles. The Hall–Kier alpha value is -7.43. The van der Waals surface area contributed by atoms with Crippen LogP contribution in [0.2, 0.25) is 0 Å². The lowest BCUT2D eigenvalue weighted by atomic mass is 9.97. The van der Waals surface area contributed by atoms with E-state index in [-0.39, 0.29) is 21.8 Å². The van der Waals surface area contributed by atoms with Crippen molar-refractivity contribution < 1.29 is 16.4 Å². The fraction of sp³-hybridized carbons (Fsp3) is 0. The summed E-state index contributed by atoms with van der Waals surface area (Å²) in [5.74, 6) is 1.17. The van der Waals surface area contributed by atoms with E-state index in [1.807, 2.05) is 121 Å². The first kappa shape index (κ1) is 21.9. The van der Waals surface area contributed by atoms with Gasteiger partial charge in [-0.1, -0.05) is 176 Å². The maximum Gasteiger partial charge on any atom is 0.164 e. The molecule has 0 aliphatic rings. The Morgan fingerprint density at radius 2 is 0.873 bits per heavy atom. The summed E-state index contributed by atoms with van der Waals surface area (Å²) >= 11 is 0. The van der Waals surface area contributed by atoms with Gasteiger partial charge in [0.2, 0.25) is 0 Å². The highest BCUT2D eigenvalue weighted by molar-refractivity contribution is 6.10. The summed E-state index contributed by atoms with van der Waals surface area (Å²) in [6.07, 6.45) is 0. The number of aromatic nitrogens is 4. The molecule has 0 amide bonds. The largest absolute Gasteiger partial charge is 0.309 e. The van der Waals surface area contributed by atoms with Crippen LogP contribution in [0.4, 0.5) is 0 Å². The molecule has 8 aromatic carbocycles. The standard InChI is InChI=1S/C51H34N4/c1-5-15-35(16-6-1)37-25-27-38(28-26-37)45-33-42(51-53-49(39-19-9-3-10-20-39)52-50(54-51)40-21-11-4-12-22-40)30-32-47(45)55-46-24-14-13-23-43(46)44-31-29-41(34-48(44)55)36-17-7-2-8-18-36/h1-34H/i2D,7D,8D,13D,14D,17D,18D,23D,24D,29D,31D,34D. The van der Waals surface area contributed by atoms with Gasteiger partial charge < -0.3 is 4.57 Å². The van der Waals surface area contributed by atoms with Crippen molar-refractivity contribution in [3.05, 3.63) is 206 Å². The molecule has 0 saturated heterocycles. The molecule has 10 rings (SSSR count). The zero-order valence-electron chi connectivity index (χ0n) is 41.0. The summed E-state index contributed by atoms with van der Waals surface area (Å²) in [6.45, 7) is 0. The molecule has 4 nitrogen and oxygen atoms in total. The average molecular weight is 715 g/mol. The van der Waals surface area contributed by atoms with Crippen LogP contribution >= 0.6 is 0 Å². The van der Waals surface area contributed by atoms with Gasteiger partial charge in [0.05, 0.1) is 33.2 Å². The number of benzene rings is 8. The maximum absolute atomic E-state index is 9.86. The molecule has 4 heteroatoms. The Labute approximate surface area is 336 Å². The highest BCUT2D eigenvalue weighted by Crippen LogP contribution is 2.40. The fourth-order valence-electron chi connectivity index (χ4n) is 6.76. The van der Waals surface area contributed by atoms with Crippen LogP contribution in [-0.4, -0.2) is 19.5 Å². The van der Waals surface area contributed by atoms with Crippen molar-refractivity contribution in [2.45, 2.75) is 0 Å². The molecule has 0 unspecified atom stereocenters. The Balaban J connectivity index is 1.33. The van der Waals surface area contributed by atoms with Crippen molar-refractivity contribution in [3.63, 3.8) is 0 Å². The normalized spacial score (nSPS) is 14.3. The van der Waals surface area contributed by atoms with Gasteiger partial charge in [0, 0.05) is 33.0 Å². The van der Waals surface area contributed by atoms with E-state index in [0.29, 0.717) is 39.9 Å². The summed E-state index contributed by atoms with van der Waals surface area (Å²) in [5, 5.41) is -0.257. The number of nitrogens with zero attached hydrogens (tertiary/aromatic N) is 4. The molecule has 0 saturated carbocycles. The van der Waals surface area contributed by atoms with Crippen LogP contribution in [0.25, 0.3) is 95.0 Å². The lowest BCUT2D eigenvalue weighted by Crippen LogP contribution is -2.02. The van der Waals surface area contributed by atoms with Gasteiger partial charge in [-0.25, -0.2) is 15.0 Å². The van der Waals surface area contributed by atoms with E-state index in [1.165, 1.54) is 4.57 Å². The first-order valence-corrected chi connectivity index (χ1v) is 17.6. The Kier molecular flexibility index (Phi) is 5.52. The maximum atomic E-state index is 9.86. The first-order chi connectivity index (χ1) is 32.3. The van der Waals surface area contributed by atoms with Gasteiger partial charge in [-0.15, -0.1) is 0 Å². The van der Waals surface area contributed by atoms with Crippen LogP contribution in [0.1, 0.15) is 16.4 Å². The molecule has 0 fully saturated rings. The topological polar surface area (TPSA) is 43.6 Å². The number of fused-ring (bicyclic) bond motifs is 3. The average Bonchev–Trinajstić information content (AvgIpc) is 3.74. The smallest absolute Gasteiger partial charge is 0.164 e. The summed E-state index contributed by atoms with van der Waals surface area (Å²) in [4.78, 5) is 14.8. The Morgan fingerprint density at radius 1 is 0.364 bits per heavy atom. The van der Waals surface area contributed by atoms with E-state index in [0.717, 1.165) is 22.3 Å². The number of para-hydroxylation sites is 1. The van der Waals surface area contributed by atoms with Gasteiger partial charge in [0.25, 0.3) is 0 Å². The predicted octanol–water partition coefficient (Wildman–Crippen LogP) is 13.0. The zero-order valence-corrected chi connectivity index (χ0v) is 29.0. The SMILES string of the molecule is [2H]c1c([2H])c([2H])c(-c2c([2H])c([2H])c3c4c([2H])c([2H])c([2H])c([2H])c4n(-c4ccc(-c5nc(-c6ccccc6)nc(-c6ccccc6)n5)cc4-c4ccc(-c5ccccc5)cc4)c3c2[2H])c([2H])c1[2H]. The monoisotopic (exact) mass is 714 g/mol. The van der Waals surface area contributed by atoms with Crippen molar-refractivity contribution in [2.75, 3.05) is 0 Å². The molecule has 2 aromatic heterocycles. The molecule has 10 aromatic rings. The lowest BCUT2D eigenvalue weighted by molar-refractivity contribution is 1.07. The molecule has 2 heterocycles. The third kappa shape index (κ3) is 6.06. The van der Waals surface area contributed by atoms with Crippen LogP contribution in [0.15, 0.2) is 206 Å². The van der Waals surface area contributed by atoms with Crippen molar-refractivity contribution in [1.82, 2.24) is 19.5 Å². The summed E-state index contributed by atoms with van der Waals surface area (Å²) in [6, 6.07) is 34.5. The van der Waals surface area contributed by atoms with E-state index in [2.05, 4.69) is 0 Å². The third-order valence-corrected chi connectivity index (χ3v) is 9.41. The van der Waals surface area contributed by atoms with Gasteiger partial charge in [0.1, 0.15) is 0 Å². The van der Waals surface area contributed by atoms with E-state index in [4.69, 9.17) is 24.5 Å². The first-order valence-electron chi connectivity index (χ1n) is 23.6. The summed E-state index contributed by atoms with van der Waals surface area (Å²) in [5.41, 5.74) is 4.31. The predicted molar refractivity (Wildman–Crippen MR) is 227 cm³/mol. The molecule has 0 bridgehead atoms. The Morgan fingerprint density at radius 3 is 1.53 bits per heavy atom. The molecule has 0 N–H and O–H groups in total. The minimum atomic E-state index is -0.692. The molecule has 0 atom stereocenters. The van der Waals surface area contributed by atoms with Crippen LogP contribution in [0, 0.1) is 0 Å². The summed E-state index contributed by atoms with van der Waals surface area (Å²) in [7, 11) is 0. The van der Waals surface area contributed by atoms with Crippen molar-refractivity contribution in [3.8, 4) is 73.2 Å². The van der Waals surface area contributed by atoms with Gasteiger partial charge in [-0.3, -0.25) is 0 Å². The second kappa shape index (κ2) is 13.8. The van der Waals surface area contributed by atoms with Crippen molar-refractivity contribution in [2.24, 2.45) is 0 Å². The molecule has 0 radical (unpaired) electrons. The Bertz CT molecular complexity index is 3550. The van der Waals surface area contributed by atoms with Crippen LogP contribution < -0.4 is 0 Å². The van der Waals surface area contributed by atoms with Gasteiger partial charge in [0.15, 0.2) is 17.5 Å². The van der Waals surface area contributed by atoms with E-state index in [1.54, 1.807) is 12.1 Å². The lowest BCUT2D eigenvalue weighted by Gasteiger charge is -2.17. The number of hydrogen-bond donors (Lipinski definition) is 0. The molecule has 0 spiro atoms. The van der Waals surface area contributed by atoms with Gasteiger partial charge >= 0.3 is 0 Å². The third-order valence-electron chi connectivity index (χ3n) is 9.41. The minimum absolute atomic E-state index is 0.0894. The van der Waals surface area contributed by atoms with Crippen molar-refractivity contribution in [1.29, 1.82) is 0 Å². The van der Waals surface area contributed by atoms with Gasteiger partial charge in [-0.05, 0) is 58.1 Å². The minimum Gasteiger partial charge on any atom is -0.309 e. The second-order valence-corrected chi connectivity index (χ2v) is 12.7.